The number of carbonyl (C=O) groups excluding carboxylic acids is 1. The number of nitrogens with zero attached hydrogens (tertiary/aromatic N) is 5. The first-order valence-corrected chi connectivity index (χ1v) is 11.2. The van der Waals surface area contributed by atoms with E-state index in [0.717, 1.165) is 42.0 Å². The molecule has 4 aromatic rings. The third kappa shape index (κ3) is 4.09. The molecule has 34 heavy (non-hydrogen) atoms. The van der Waals surface area contributed by atoms with Crippen molar-refractivity contribution in [1.29, 1.82) is 0 Å². The normalized spacial score (nSPS) is 15.7. The Labute approximate surface area is 197 Å². The fourth-order valence-electron chi connectivity index (χ4n) is 4.42. The molecule has 1 fully saturated rings. The van der Waals surface area contributed by atoms with Gasteiger partial charge in [0.05, 0.1) is 12.6 Å². The van der Waals surface area contributed by atoms with Crippen molar-refractivity contribution in [1.82, 2.24) is 24.3 Å². The minimum absolute atomic E-state index is 0.160. The van der Waals surface area contributed by atoms with E-state index < -0.39 is 0 Å². The summed E-state index contributed by atoms with van der Waals surface area (Å²) in [6, 6.07) is 12.9. The number of hydrogen-bond donors (Lipinski definition) is 2. The lowest BCUT2D eigenvalue weighted by atomic mass is 10.1. The van der Waals surface area contributed by atoms with Crippen LogP contribution < -0.4 is 11.1 Å². The van der Waals surface area contributed by atoms with Gasteiger partial charge in [-0.25, -0.2) is 15.0 Å². The van der Waals surface area contributed by atoms with Gasteiger partial charge in [0, 0.05) is 29.7 Å². The largest absolute Gasteiger partial charge is 0.382 e. The summed E-state index contributed by atoms with van der Waals surface area (Å²) in [5.41, 5.74) is 9.24. The van der Waals surface area contributed by atoms with Crippen LogP contribution in [0.15, 0.2) is 61.1 Å². The number of nitrogens with two attached hydrogens (primary N) is 1. The summed E-state index contributed by atoms with van der Waals surface area (Å²) in [6.45, 7) is 3.57. The number of benzene rings is 1. The number of imidazole rings is 1. The molecule has 170 valence electrons. The summed E-state index contributed by atoms with van der Waals surface area (Å²) in [6.07, 6.45) is 7.36. The van der Waals surface area contributed by atoms with E-state index in [2.05, 4.69) is 32.0 Å². The highest BCUT2D eigenvalue weighted by molar-refractivity contribution is 6.04. The van der Waals surface area contributed by atoms with Gasteiger partial charge in [0.1, 0.15) is 28.7 Å². The van der Waals surface area contributed by atoms with Crippen LogP contribution in [0.3, 0.4) is 0 Å². The number of hydrogen-bond acceptors (Lipinski definition) is 6. The average Bonchev–Trinajstić information content (AvgIpc) is 3.48. The van der Waals surface area contributed by atoms with Crippen LogP contribution in [0.2, 0.25) is 0 Å². The van der Waals surface area contributed by atoms with E-state index in [1.165, 1.54) is 0 Å². The molecule has 1 saturated heterocycles. The number of anilines is 2. The molecule has 1 aliphatic heterocycles. The fourth-order valence-corrected chi connectivity index (χ4v) is 4.42. The molecule has 8 nitrogen and oxygen atoms in total. The Morgan fingerprint density at radius 1 is 1.18 bits per heavy atom. The van der Waals surface area contributed by atoms with E-state index in [-0.39, 0.29) is 11.9 Å². The molecule has 3 N–H and O–H groups in total. The molecule has 0 aliphatic carbocycles. The molecule has 0 spiro atoms. The molecule has 1 aromatic carbocycles. The number of amides is 1. The van der Waals surface area contributed by atoms with E-state index in [9.17, 15) is 4.79 Å². The number of carbonyl (C=O) groups is 1. The van der Waals surface area contributed by atoms with Crippen LogP contribution in [0, 0.1) is 11.8 Å². The van der Waals surface area contributed by atoms with Crippen LogP contribution in [0.4, 0.5) is 11.6 Å². The Kier molecular flexibility index (Phi) is 5.93. The second-order valence-corrected chi connectivity index (χ2v) is 8.15. The van der Waals surface area contributed by atoms with Gasteiger partial charge in [-0.15, -0.1) is 5.92 Å². The van der Waals surface area contributed by atoms with Crippen molar-refractivity contribution in [3.63, 3.8) is 0 Å². The first-order chi connectivity index (χ1) is 16.7. The third-order valence-electron chi connectivity index (χ3n) is 6.06. The molecule has 1 unspecified atom stereocenters. The lowest BCUT2D eigenvalue weighted by Gasteiger charge is -2.21. The minimum Gasteiger partial charge on any atom is -0.382 e. The number of pyridine rings is 1. The Balaban J connectivity index is 1.49. The van der Waals surface area contributed by atoms with E-state index >= 15 is 0 Å². The Bertz CT molecular complexity index is 1380. The standard InChI is InChI=1S/C26H25N7O/c1-2-3-15-32-16-6-7-20(32)25-31-22(23-24(27)29-14-17-33(23)25)18-9-11-19(12-10-18)26(34)30-21-8-4-5-13-28-21/h4-5,8-14,17,20H,6-7,15-16H2,1H3,(H2,27,29)(H,28,30,34). The van der Waals surface area contributed by atoms with Crippen LogP contribution in [0.1, 0.15) is 42.0 Å². The van der Waals surface area contributed by atoms with Gasteiger partial charge >= 0.3 is 0 Å². The van der Waals surface area contributed by atoms with Crippen LogP contribution in [0.5, 0.6) is 0 Å². The molecule has 4 heterocycles. The predicted octanol–water partition coefficient (Wildman–Crippen LogP) is 3.79. The van der Waals surface area contributed by atoms with Gasteiger partial charge in [0.15, 0.2) is 0 Å². The van der Waals surface area contributed by atoms with Crippen LogP contribution in [-0.4, -0.2) is 43.2 Å². The van der Waals surface area contributed by atoms with Gasteiger partial charge in [-0.1, -0.05) is 24.1 Å². The smallest absolute Gasteiger partial charge is 0.256 e. The van der Waals surface area contributed by atoms with Gasteiger partial charge in [-0.3, -0.25) is 14.1 Å². The predicted molar refractivity (Wildman–Crippen MR) is 132 cm³/mol. The number of nitrogen functional groups attached to an aromatic ring is 1. The maximum Gasteiger partial charge on any atom is 0.256 e. The summed E-state index contributed by atoms with van der Waals surface area (Å²) < 4.78 is 2.04. The molecule has 1 atom stereocenters. The Hall–Kier alpha value is -4.22. The van der Waals surface area contributed by atoms with Gasteiger partial charge in [-0.2, -0.15) is 0 Å². The number of likely N-dealkylation sites (tertiary alicyclic amines) is 1. The van der Waals surface area contributed by atoms with Crippen molar-refractivity contribution in [3.8, 4) is 23.1 Å². The van der Waals surface area contributed by atoms with Crippen molar-refractivity contribution in [2.24, 2.45) is 0 Å². The van der Waals surface area contributed by atoms with E-state index in [1.54, 1.807) is 36.7 Å². The lowest BCUT2D eigenvalue weighted by Crippen LogP contribution is -2.25. The Morgan fingerprint density at radius 2 is 2.03 bits per heavy atom. The van der Waals surface area contributed by atoms with Gasteiger partial charge < -0.3 is 11.1 Å². The molecule has 0 bridgehead atoms. The monoisotopic (exact) mass is 451 g/mol. The summed E-state index contributed by atoms with van der Waals surface area (Å²) in [4.78, 5) is 28.5. The second-order valence-electron chi connectivity index (χ2n) is 8.15. The van der Waals surface area contributed by atoms with Crippen molar-refractivity contribution >= 4 is 23.1 Å². The highest BCUT2D eigenvalue weighted by Crippen LogP contribution is 2.36. The van der Waals surface area contributed by atoms with Crippen molar-refractivity contribution < 1.29 is 4.79 Å². The highest BCUT2D eigenvalue weighted by Gasteiger charge is 2.30. The van der Waals surface area contributed by atoms with Crippen LogP contribution in [-0.2, 0) is 0 Å². The number of fused-ring (bicyclic) bond motifs is 1. The van der Waals surface area contributed by atoms with E-state index in [4.69, 9.17) is 10.7 Å². The van der Waals surface area contributed by atoms with Crippen molar-refractivity contribution in [3.05, 3.63) is 72.4 Å². The zero-order chi connectivity index (χ0) is 23.5. The second kappa shape index (κ2) is 9.33. The molecule has 8 heteroatoms. The minimum atomic E-state index is -0.222. The molecular weight excluding hydrogens is 426 g/mol. The zero-order valence-corrected chi connectivity index (χ0v) is 18.9. The molecule has 0 saturated carbocycles. The van der Waals surface area contributed by atoms with Gasteiger partial charge in [0.2, 0.25) is 0 Å². The van der Waals surface area contributed by atoms with Gasteiger partial charge in [-0.05, 0) is 50.6 Å². The summed E-state index contributed by atoms with van der Waals surface area (Å²) in [5.74, 6) is 7.82. The topological polar surface area (TPSA) is 101 Å². The first-order valence-electron chi connectivity index (χ1n) is 11.2. The zero-order valence-electron chi connectivity index (χ0n) is 18.9. The molecule has 1 aliphatic rings. The molecular formula is C26H25N7O. The van der Waals surface area contributed by atoms with Crippen molar-refractivity contribution in [2.75, 3.05) is 24.1 Å². The SMILES string of the molecule is CC#CCN1CCCC1c1nc(-c2ccc(C(=O)Nc3ccccn3)cc2)c2c(N)nccn12. The molecule has 5 rings (SSSR count). The van der Waals surface area contributed by atoms with E-state index in [1.807, 2.05) is 35.7 Å². The summed E-state index contributed by atoms with van der Waals surface area (Å²) in [5, 5.41) is 2.80. The average molecular weight is 452 g/mol. The van der Waals surface area contributed by atoms with Crippen molar-refractivity contribution in [2.45, 2.75) is 25.8 Å². The van der Waals surface area contributed by atoms with E-state index in [0.29, 0.717) is 23.7 Å². The summed E-state index contributed by atoms with van der Waals surface area (Å²) in [7, 11) is 0. The maximum absolute atomic E-state index is 12.6. The quantitative estimate of drug-likeness (QED) is 0.448. The van der Waals surface area contributed by atoms with Crippen LogP contribution in [0.25, 0.3) is 16.8 Å². The maximum atomic E-state index is 12.6. The third-order valence-corrected chi connectivity index (χ3v) is 6.06. The molecule has 1 amide bonds. The van der Waals surface area contributed by atoms with Crippen LogP contribution >= 0.6 is 0 Å². The number of aromatic nitrogens is 4. The fraction of sp³-hybridized carbons (Fsp3) is 0.231. The Morgan fingerprint density at radius 3 is 2.79 bits per heavy atom. The first kappa shape index (κ1) is 21.6. The number of nitrogens with one attached hydrogen (secondary N) is 1. The molecule has 0 radical (unpaired) electrons. The summed E-state index contributed by atoms with van der Waals surface area (Å²) >= 11 is 0. The van der Waals surface area contributed by atoms with Gasteiger partial charge in [0.25, 0.3) is 5.91 Å². The lowest BCUT2D eigenvalue weighted by molar-refractivity contribution is 0.102. The number of rotatable bonds is 5. The molecule has 3 aromatic heterocycles. The highest BCUT2D eigenvalue weighted by atomic mass is 16.1.